The second kappa shape index (κ2) is 6.45. The Labute approximate surface area is 126 Å². The molecule has 1 fully saturated rings. The fourth-order valence-corrected chi connectivity index (χ4v) is 2.47. The van der Waals surface area contributed by atoms with Crippen molar-refractivity contribution in [3.05, 3.63) is 23.8 Å². The van der Waals surface area contributed by atoms with E-state index in [1.54, 1.807) is 7.11 Å². The van der Waals surface area contributed by atoms with Crippen molar-refractivity contribution in [3.63, 3.8) is 0 Å². The molecule has 1 heterocycles. The molecule has 0 spiro atoms. The minimum atomic E-state index is -0.119. The molecule has 0 saturated carbocycles. The number of morpholine rings is 1. The average molecular weight is 292 g/mol. The highest BCUT2D eigenvalue weighted by molar-refractivity contribution is 5.93. The number of carbonyl (C=O) groups excluding carboxylic acids is 1. The fourth-order valence-electron chi connectivity index (χ4n) is 2.47. The third kappa shape index (κ3) is 3.95. The summed E-state index contributed by atoms with van der Waals surface area (Å²) in [6, 6.07) is 5.74. The molecule has 1 aliphatic heterocycles. The van der Waals surface area contributed by atoms with Gasteiger partial charge in [-0.05, 0) is 38.5 Å². The third-order valence-electron chi connectivity index (χ3n) is 3.78. The lowest BCUT2D eigenvalue weighted by Crippen LogP contribution is -2.55. The van der Waals surface area contributed by atoms with Crippen molar-refractivity contribution >= 4 is 11.6 Å². The standard InChI is InChI=1S/C16H24N2O3/c1-12-5-6-14(20-4)13(9-12)17-15(19)10-18-7-8-21-11-16(18,2)3/h5-6,9H,7-8,10-11H2,1-4H3,(H,17,19). The molecule has 1 aromatic carbocycles. The summed E-state index contributed by atoms with van der Waals surface area (Å²) < 4.78 is 10.8. The van der Waals surface area contributed by atoms with Gasteiger partial charge in [0.05, 0.1) is 32.6 Å². The molecule has 0 aliphatic carbocycles. The molecule has 0 aromatic heterocycles. The molecule has 1 aliphatic rings. The number of carbonyl (C=O) groups is 1. The second-order valence-electron chi connectivity index (χ2n) is 6.04. The van der Waals surface area contributed by atoms with Gasteiger partial charge < -0.3 is 14.8 Å². The first-order valence-electron chi connectivity index (χ1n) is 7.20. The van der Waals surface area contributed by atoms with Gasteiger partial charge in [-0.15, -0.1) is 0 Å². The van der Waals surface area contributed by atoms with Crippen molar-refractivity contribution < 1.29 is 14.3 Å². The van der Waals surface area contributed by atoms with E-state index >= 15 is 0 Å². The van der Waals surface area contributed by atoms with Crippen LogP contribution in [0.3, 0.4) is 0 Å². The first-order chi connectivity index (χ1) is 9.92. The van der Waals surface area contributed by atoms with Gasteiger partial charge in [-0.1, -0.05) is 6.07 Å². The number of nitrogens with one attached hydrogen (secondary N) is 1. The van der Waals surface area contributed by atoms with Gasteiger partial charge in [-0.2, -0.15) is 0 Å². The normalized spacial score (nSPS) is 18.3. The Morgan fingerprint density at radius 3 is 2.90 bits per heavy atom. The quantitative estimate of drug-likeness (QED) is 0.923. The van der Waals surface area contributed by atoms with Crippen molar-refractivity contribution in [2.24, 2.45) is 0 Å². The van der Waals surface area contributed by atoms with Crippen LogP contribution in [0.1, 0.15) is 19.4 Å². The van der Waals surface area contributed by atoms with Gasteiger partial charge in [0.2, 0.25) is 5.91 Å². The SMILES string of the molecule is COc1ccc(C)cc1NC(=O)CN1CCOCC1(C)C. The highest BCUT2D eigenvalue weighted by Gasteiger charge is 2.31. The smallest absolute Gasteiger partial charge is 0.238 e. The molecule has 21 heavy (non-hydrogen) atoms. The van der Waals surface area contributed by atoms with Gasteiger partial charge in [0.15, 0.2) is 0 Å². The number of anilines is 1. The van der Waals surface area contributed by atoms with E-state index in [4.69, 9.17) is 9.47 Å². The number of hydrogen-bond donors (Lipinski definition) is 1. The summed E-state index contributed by atoms with van der Waals surface area (Å²) in [5.41, 5.74) is 1.68. The summed E-state index contributed by atoms with van der Waals surface area (Å²) in [5.74, 6) is 0.643. The average Bonchev–Trinajstić information content (AvgIpc) is 2.41. The number of amides is 1. The Hall–Kier alpha value is -1.59. The van der Waals surface area contributed by atoms with Crippen LogP contribution in [0.25, 0.3) is 0 Å². The van der Waals surface area contributed by atoms with Crippen LogP contribution in [-0.2, 0) is 9.53 Å². The molecular formula is C16H24N2O3. The van der Waals surface area contributed by atoms with E-state index in [-0.39, 0.29) is 11.4 Å². The van der Waals surface area contributed by atoms with Crippen LogP contribution in [0.4, 0.5) is 5.69 Å². The molecule has 2 rings (SSSR count). The number of benzene rings is 1. The van der Waals surface area contributed by atoms with Gasteiger partial charge >= 0.3 is 0 Å². The lowest BCUT2D eigenvalue weighted by Gasteiger charge is -2.41. The van der Waals surface area contributed by atoms with Gasteiger partial charge in [0.1, 0.15) is 5.75 Å². The van der Waals surface area contributed by atoms with E-state index < -0.39 is 0 Å². The zero-order valence-corrected chi connectivity index (χ0v) is 13.2. The third-order valence-corrected chi connectivity index (χ3v) is 3.78. The molecule has 0 bridgehead atoms. The summed E-state index contributed by atoms with van der Waals surface area (Å²) in [6.45, 7) is 8.61. The maximum Gasteiger partial charge on any atom is 0.238 e. The van der Waals surface area contributed by atoms with E-state index in [0.717, 1.165) is 12.1 Å². The number of aryl methyl sites for hydroxylation is 1. The summed E-state index contributed by atoms with van der Waals surface area (Å²) in [5, 5.41) is 2.94. The molecule has 1 saturated heterocycles. The van der Waals surface area contributed by atoms with Crippen LogP contribution in [0.2, 0.25) is 0 Å². The molecule has 1 aromatic rings. The van der Waals surface area contributed by atoms with Crippen LogP contribution in [0, 0.1) is 6.92 Å². The summed E-state index contributed by atoms with van der Waals surface area (Å²) in [7, 11) is 1.60. The molecule has 0 atom stereocenters. The monoisotopic (exact) mass is 292 g/mol. The molecule has 5 heteroatoms. The zero-order valence-electron chi connectivity index (χ0n) is 13.2. The maximum atomic E-state index is 12.3. The number of ether oxygens (including phenoxy) is 2. The first kappa shape index (κ1) is 15.8. The van der Waals surface area contributed by atoms with E-state index in [1.807, 2.05) is 25.1 Å². The van der Waals surface area contributed by atoms with Crippen molar-refractivity contribution in [2.45, 2.75) is 26.3 Å². The van der Waals surface area contributed by atoms with Crippen LogP contribution in [0.15, 0.2) is 18.2 Å². The van der Waals surface area contributed by atoms with E-state index in [0.29, 0.717) is 31.2 Å². The van der Waals surface area contributed by atoms with Gasteiger partial charge in [-0.3, -0.25) is 9.69 Å². The number of nitrogens with zero attached hydrogens (tertiary/aromatic N) is 1. The number of rotatable bonds is 4. The Kier molecular flexibility index (Phi) is 4.85. The van der Waals surface area contributed by atoms with Crippen LogP contribution in [-0.4, -0.2) is 49.8 Å². The van der Waals surface area contributed by atoms with Crippen LogP contribution >= 0.6 is 0 Å². The second-order valence-corrected chi connectivity index (χ2v) is 6.04. The predicted molar refractivity (Wildman–Crippen MR) is 82.8 cm³/mol. The van der Waals surface area contributed by atoms with Crippen molar-refractivity contribution in [1.29, 1.82) is 0 Å². The topological polar surface area (TPSA) is 50.8 Å². The van der Waals surface area contributed by atoms with Gasteiger partial charge in [-0.25, -0.2) is 0 Å². The molecular weight excluding hydrogens is 268 g/mol. The van der Waals surface area contributed by atoms with Crippen LogP contribution < -0.4 is 10.1 Å². The Balaban J connectivity index is 2.03. The molecule has 1 amide bonds. The molecule has 0 unspecified atom stereocenters. The van der Waals surface area contributed by atoms with Crippen LogP contribution in [0.5, 0.6) is 5.75 Å². The largest absolute Gasteiger partial charge is 0.495 e. The lowest BCUT2D eigenvalue weighted by molar-refractivity contribution is -0.122. The molecule has 0 radical (unpaired) electrons. The molecule has 5 nitrogen and oxygen atoms in total. The minimum Gasteiger partial charge on any atom is -0.495 e. The summed E-state index contributed by atoms with van der Waals surface area (Å²) in [6.07, 6.45) is 0. The van der Waals surface area contributed by atoms with E-state index in [1.165, 1.54) is 0 Å². The first-order valence-corrected chi connectivity index (χ1v) is 7.20. The predicted octanol–water partition coefficient (Wildman–Crippen LogP) is 2.05. The number of methoxy groups -OCH3 is 1. The lowest BCUT2D eigenvalue weighted by atomic mass is 10.0. The van der Waals surface area contributed by atoms with Gasteiger partial charge in [0, 0.05) is 12.1 Å². The molecule has 1 N–H and O–H groups in total. The van der Waals surface area contributed by atoms with Crippen molar-refractivity contribution in [2.75, 3.05) is 38.7 Å². The minimum absolute atomic E-state index is 0.0334. The summed E-state index contributed by atoms with van der Waals surface area (Å²) >= 11 is 0. The fraction of sp³-hybridized carbons (Fsp3) is 0.562. The number of hydrogen-bond acceptors (Lipinski definition) is 4. The Morgan fingerprint density at radius 1 is 1.48 bits per heavy atom. The summed E-state index contributed by atoms with van der Waals surface area (Å²) in [4.78, 5) is 14.4. The highest BCUT2D eigenvalue weighted by Crippen LogP contribution is 2.25. The van der Waals surface area contributed by atoms with Crippen molar-refractivity contribution in [3.8, 4) is 5.75 Å². The van der Waals surface area contributed by atoms with E-state index in [9.17, 15) is 4.79 Å². The van der Waals surface area contributed by atoms with Crippen molar-refractivity contribution in [1.82, 2.24) is 4.90 Å². The van der Waals surface area contributed by atoms with Gasteiger partial charge in [0.25, 0.3) is 0 Å². The molecule has 116 valence electrons. The van der Waals surface area contributed by atoms with E-state index in [2.05, 4.69) is 24.1 Å². The Morgan fingerprint density at radius 2 is 2.24 bits per heavy atom. The zero-order chi connectivity index (χ0) is 15.5. The highest BCUT2D eigenvalue weighted by atomic mass is 16.5. The maximum absolute atomic E-state index is 12.3. The Bertz CT molecular complexity index is 514.